The Morgan fingerprint density at radius 2 is 1.97 bits per heavy atom. The summed E-state index contributed by atoms with van der Waals surface area (Å²) in [6, 6.07) is 8.59. The molecule has 3 aromatic heterocycles. The Kier molecular flexibility index (Phi) is 4.18. The van der Waals surface area contributed by atoms with Gasteiger partial charge in [0.2, 0.25) is 15.7 Å². The number of hydrogen-bond acceptors (Lipinski definition) is 7. The standard InChI is InChI=1S/C19H19N7O2S/c1-13-22-23-19-18(21-9-11-26(13)19)25-10-7-15(12-25)24-29(27,28)16-6-2-4-14-5-3-8-20-17(14)16/h2-6,8-9,11,15,24H,7,10,12H2,1H3/t15-/m0/s1. The first-order valence-corrected chi connectivity index (χ1v) is 10.8. The van der Waals surface area contributed by atoms with Crippen molar-refractivity contribution in [2.45, 2.75) is 24.3 Å². The number of para-hydroxylation sites is 1. The average Bonchev–Trinajstić information content (AvgIpc) is 3.34. The summed E-state index contributed by atoms with van der Waals surface area (Å²) in [5, 5.41) is 9.10. The molecule has 1 fully saturated rings. The van der Waals surface area contributed by atoms with Gasteiger partial charge in [0, 0.05) is 43.1 Å². The van der Waals surface area contributed by atoms with Crippen molar-refractivity contribution in [1.29, 1.82) is 0 Å². The fourth-order valence-corrected chi connectivity index (χ4v) is 5.22. The molecule has 0 aliphatic carbocycles. The molecule has 1 aliphatic rings. The number of nitrogens with one attached hydrogen (secondary N) is 1. The van der Waals surface area contributed by atoms with E-state index in [1.807, 2.05) is 34.6 Å². The first-order chi connectivity index (χ1) is 14.0. The maximum Gasteiger partial charge on any atom is 0.243 e. The number of pyridine rings is 1. The Morgan fingerprint density at radius 1 is 1.10 bits per heavy atom. The van der Waals surface area contributed by atoms with E-state index in [9.17, 15) is 8.42 Å². The second-order valence-corrected chi connectivity index (χ2v) is 8.76. The van der Waals surface area contributed by atoms with Gasteiger partial charge in [0.25, 0.3) is 0 Å². The van der Waals surface area contributed by atoms with Crippen molar-refractivity contribution >= 4 is 32.4 Å². The largest absolute Gasteiger partial charge is 0.352 e. The number of anilines is 1. The summed E-state index contributed by atoms with van der Waals surface area (Å²) in [4.78, 5) is 10.9. The van der Waals surface area contributed by atoms with Crippen molar-refractivity contribution in [2.24, 2.45) is 0 Å². The Bertz CT molecular complexity index is 1310. The topological polar surface area (TPSA) is 105 Å². The Labute approximate surface area is 167 Å². The minimum absolute atomic E-state index is 0.197. The highest BCUT2D eigenvalue weighted by Gasteiger charge is 2.30. The number of benzene rings is 1. The predicted octanol–water partition coefficient (Wildman–Crippen LogP) is 1.54. The highest BCUT2D eigenvalue weighted by atomic mass is 32.2. The fraction of sp³-hybridized carbons (Fsp3) is 0.263. The van der Waals surface area contributed by atoms with Gasteiger partial charge in [-0.05, 0) is 25.5 Å². The minimum atomic E-state index is -3.71. The summed E-state index contributed by atoms with van der Waals surface area (Å²) >= 11 is 0. The first kappa shape index (κ1) is 18.0. The number of hydrogen-bond donors (Lipinski definition) is 1. The molecule has 4 aromatic rings. The summed E-state index contributed by atoms with van der Waals surface area (Å²) in [6.07, 6.45) is 5.80. The minimum Gasteiger partial charge on any atom is -0.352 e. The van der Waals surface area contributed by atoms with E-state index in [-0.39, 0.29) is 10.9 Å². The van der Waals surface area contributed by atoms with E-state index in [0.29, 0.717) is 36.5 Å². The quantitative estimate of drug-likeness (QED) is 0.545. The Hall–Kier alpha value is -3.11. The van der Waals surface area contributed by atoms with E-state index in [1.54, 1.807) is 30.6 Å². The monoisotopic (exact) mass is 409 g/mol. The number of sulfonamides is 1. The lowest BCUT2D eigenvalue weighted by molar-refractivity contribution is 0.562. The van der Waals surface area contributed by atoms with Gasteiger partial charge < -0.3 is 4.90 Å². The smallest absolute Gasteiger partial charge is 0.243 e. The molecule has 9 nitrogen and oxygen atoms in total. The normalized spacial score (nSPS) is 17.4. The lowest BCUT2D eigenvalue weighted by atomic mass is 10.2. The number of rotatable bonds is 4. The predicted molar refractivity (Wildman–Crippen MR) is 108 cm³/mol. The van der Waals surface area contributed by atoms with Crippen LogP contribution in [0.2, 0.25) is 0 Å². The third kappa shape index (κ3) is 3.10. The van der Waals surface area contributed by atoms with Crippen LogP contribution < -0.4 is 9.62 Å². The molecule has 1 aromatic carbocycles. The first-order valence-electron chi connectivity index (χ1n) is 9.30. The number of aryl methyl sites for hydroxylation is 1. The number of nitrogens with zero attached hydrogens (tertiary/aromatic N) is 6. The summed E-state index contributed by atoms with van der Waals surface area (Å²) in [5.41, 5.74) is 1.15. The van der Waals surface area contributed by atoms with Gasteiger partial charge in [-0.3, -0.25) is 9.38 Å². The third-order valence-corrected chi connectivity index (χ3v) is 6.73. The van der Waals surface area contributed by atoms with Crippen LogP contribution >= 0.6 is 0 Å². The zero-order valence-electron chi connectivity index (χ0n) is 15.7. The molecule has 1 N–H and O–H groups in total. The van der Waals surface area contributed by atoms with Gasteiger partial charge in [0.15, 0.2) is 5.82 Å². The SMILES string of the molecule is Cc1nnc2c(N3CC[C@H](NS(=O)(=O)c4cccc5cccnc45)C3)nccn12. The molecule has 1 saturated heterocycles. The van der Waals surface area contributed by atoms with E-state index in [4.69, 9.17) is 0 Å². The highest BCUT2D eigenvalue weighted by molar-refractivity contribution is 7.89. The van der Waals surface area contributed by atoms with Gasteiger partial charge in [0.1, 0.15) is 10.7 Å². The van der Waals surface area contributed by atoms with Crippen LogP contribution in [0.15, 0.2) is 53.8 Å². The van der Waals surface area contributed by atoms with Gasteiger partial charge in [-0.25, -0.2) is 18.1 Å². The van der Waals surface area contributed by atoms with Crippen LogP contribution in [0, 0.1) is 6.92 Å². The van der Waals surface area contributed by atoms with E-state index >= 15 is 0 Å². The van der Waals surface area contributed by atoms with Gasteiger partial charge in [-0.1, -0.05) is 18.2 Å². The summed E-state index contributed by atoms with van der Waals surface area (Å²) in [6.45, 7) is 3.07. The van der Waals surface area contributed by atoms with Crippen LogP contribution in [-0.2, 0) is 10.0 Å². The molecule has 4 heterocycles. The van der Waals surface area contributed by atoms with Gasteiger partial charge in [-0.2, -0.15) is 0 Å². The Balaban J connectivity index is 1.40. The zero-order valence-corrected chi connectivity index (χ0v) is 16.5. The van der Waals surface area contributed by atoms with Crippen LogP contribution in [0.1, 0.15) is 12.2 Å². The van der Waals surface area contributed by atoms with Crippen molar-refractivity contribution < 1.29 is 8.42 Å². The summed E-state index contributed by atoms with van der Waals surface area (Å²) < 4.78 is 30.8. The van der Waals surface area contributed by atoms with Crippen molar-refractivity contribution in [3.8, 4) is 0 Å². The molecule has 0 unspecified atom stereocenters. The summed E-state index contributed by atoms with van der Waals surface area (Å²) in [7, 11) is -3.71. The van der Waals surface area contributed by atoms with Crippen LogP contribution in [0.25, 0.3) is 16.6 Å². The number of aromatic nitrogens is 5. The molecule has 1 atom stereocenters. The third-order valence-electron chi connectivity index (χ3n) is 5.17. The van der Waals surface area contributed by atoms with Crippen molar-refractivity contribution in [3.05, 3.63) is 54.7 Å². The van der Waals surface area contributed by atoms with Crippen LogP contribution in [0.3, 0.4) is 0 Å². The molecule has 10 heteroatoms. The molecule has 0 amide bonds. The molecule has 148 valence electrons. The summed E-state index contributed by atoms with van der Waals surface area (Å²) in [5.74, 6) is 1.49. The molecule has 5 rings (SSSR count). The average molecular weight is 409 g/mol. The second-order valence-electron chi connectivity index (χ2n) is 7.08. The number of fused-ring (bicyclic) bond motifs is 2. The molecular formula is C19H19N7O2S. The molecule has 0 spiro atoms. The van der Waals surface area contributed by atoms with E-state index < -0.39 is 10.0 Å². The van der Waals surface area contributed by atoms with Gasteiger partial charge in [0.05, 0.1) is 5.52 Å². The van der Waals surface area contributed by atoms with Crippen molar-refractivity contribution in [1.82, 2.24) is 29.3 Å². The van der Waals surface area contributed by atoms with Crippen LogP contribution in [0.4, 0.5) is 5.82 Å². The van der Waals surface area contributed by atoms with E-state index in [0.717, 1.165) is 11.2 Å². The van der Waals surface area contributed by atoms with E-state index in [1.165, 1.54) is 0 Å². The lowest BCUT2D eigenvalue weighted by Crippen LogP contribution is -2.37. The molecular weight excluding hydrogens is 390 g/mol. The zero-order chi connectivity index (χ0) is 20.0. The lowest BCUT2D eigenvalue weighted by Gasteiger charge is -2.18. The second kappa shape index (κ2) is 6.75. The van der Waals surface area contributed by atoms with Crippen molar-refractivity contribution in [3.63, 3.8) is 0 Å². The molecule has 0 saturated carbocycles. The fourth-order valence-electron chi connectivity index (χ4n) is 3.78. The molecule has 29 heavy (non-hydrogen) atoms. The molecule has 0 bridgehead atoms. The molecule has 0 radical (unpaired) electrons. The van der Waals surface area contributed by atoms with Crippen molar-refractivity contribution in [2.75, 3.05) is 18.0 Å². The van der Waals surface area contributed by atoms with Crippen LogP contribution in [0.5, 0.6) is 0 Å². The molecule has 1 aliphatic heterocycles. The maximum atomic E-state index is 13.0. The van der Waals surface area contributed by atoms with Crippen LogP contribution in [-0.4, -0.2) is 52.1 Å². The van der Waals surface area contributed by atoms with E-state index in [2.05, 4.69) is 24.9 Å². The van der Waals surface area contributed by atoms with Gasteiger partial charge >= 0.3 is 0 Å². The Morgan fingerprint density at radius 3 is 2.86 bits per heavy atom. The maximum absolute atomic E-state index is 13.0. The van der Waals surface area contributed by atoms with Gasteiger partial charge in [-0.15, -0.1) is 10.2 Å². The highest BCUT2D eigenvalue weighted by Crippen LogP contribution is 2.25.